The fourth-order valence-corrected chi connectivity index (χ4v) is 2.86. The molecule has 2 N–H and O–H groups in total. The van der Waals surface area contributed by atoms with Crippen molar-refractivity contribution in [3.63, 3.8) is 0 Å². The van der Waals surface area contributed by atoms with Gasteiger partial charge in [-0.2, -0.15) is 4.72 Å². The SMILES string of the molecule is C#CCNS(=O)(=O)c1ccc(C(=O)Nc2cc(F)ccc2C)cc1. The van der Waals surface area contributed by atoms with Gasteiger partial charge in [-0.05, 0) is 48.9 Å². The maximum absolute atomic E-state index is 13.2. The molecular formula is C17H15FN2O3S. The number of carbonyl (C=O) groups excluding carboxylic acids is 1. The van der Waals surface area contributed by atoms with Crippen molar-refractivity contribution >= 4 is 21.6 Å². The highest BCUT2D eigenvalue weighted by molar-refractivity contribution is 7.89. The molecule has 2 aromatic carbocycles. The van der Waals surface area contributed by atoms with Gasteiger partial charge in [0.25, 0.3) is 5.91 Å². The van der Waals surface area contributed by atoms with Crippen LogP contribution in [0.2, 0.25) is 0 Å². The molecule has 2 aromatic rings. The van der Waals surface area contributed by atoms with Crippen LogP contribution in [0.4, 0.5) is 10.1 Å². The standard InChI is InChI=1S/C17H15FN2O3S/c1-3-10-19-24(22,23)15-8-5-13(6-9-15)17(21)20-16-11-14(18)7-4-12(16)2/h1,4-9,11,19H,10H2,2H3,(H,20,21). The number of terminal acetylenes is 1. The van der Waals surface area contributed by atoms with Gasteiger partial charge in [-0.3, -0.25) is 4.79 Å². The Hall–Kier alpha value is -2.69. The molecule has 0 aliphatic rings. The molecular weight excluding hydrogens is 331 g/mol. The van der Waals surface area contributed by atoms with Gasteiger partial charge < -0.3 is 5.32 Å². The molecule has 0 aromatic heterocycles. The zero-order valence-corrected chi connectivity index (χ0v) is 13.7. The van der Waals surface area contributed by atoms with E-state index in [9.17, 15) is 17.6 Å². The third-order valence-electron chi connectivity index (χ3n) is 3.24. The molecule has 0 aliphatic heterocycles. The number of sulfonamides is 1. The predicted molar refractivity (Wildman–Crippen MR) is 89.6 cm³/mol. The molecule has 0 spiro atoms. The predicted octanol–water partition coefficient (Wildman–Crippen LogP) is 2.30. The molecule has 24 heavy (non-hydrogen) atoms. The summed E-state index contributed by atoms with van der Waals surface area (Å²) in [5.74, 6) is 1.25. The average Bonchev–Trinajstić information content (AvgIpc) is 2.56. The first-order valence-corrected chi connectivity index (χ1v) is 8.42. The Balaban J connectivity index is 2.17. The van der Waals surface area contributed by atoms with E-state index in [4.69, 9.17) is 6.42 Å². The summed E-state index contributed by atoms with van der Waals surface area (Å²) in [4.78, 5) is 12.2. The molecule has 0 saturated carbocycles. The lowest BCUT2D eigenvalue weighted by Gasteiger charge is -2.09. The van der Waals surface area contributed by atoms with Crippen molar-refractivity contribution in [2.24, 2.45) is 0 Å². The first kappa shape index (κ1) is 17.7. The normalized spacial score (nSPS) is 10.9. The number of amides is 1. The van der Waals surface area contributed by atoms with E-state index in [-0.39, 0.29) is 17.0 Å². The van der Waals surface area contributed by atoms with Crippen molar-refractivity contribution in [1.29, 1.82) is 0 Å². The van der Waals surface area contributed by atoms with Gasteiger partial charge >= 0.3 is 0 Å². The van der Waals surface area contributed by atoms with Crippen LogP contribution in [0.5, 0.6) is 0 Å². The molecule has 0 atom stereocenters. The zero-order valence-electron chi connectivity index (χ0n) is 12.8. The summed E-state index contributed by atoms with van der Waals surface area (Å²) in [6, 6.07) is 9.41. The quantitative estimate of drug-likeness (QED) is 0.816. The number of nitrogens with one attached hydrogen (secondary N) is 2. The molecule has 0 bridgehead atoms. The van der Waals surface area contributed by atoms with Crippen LogP contribution >= 0.6 is 0 Å². The lowest BCUT2D eigenvalue weighted by Crippen LogP contribution is -2.24. The van der Waals surface area contributed by atoms with E-state index in [1.807, 2.05) is 0 Å². The Kier molecular flexibility index (Phi) is 5.34. The highest BCUT2D eigenvalue weighted by atomic mass is 32.2. The molecule has 0 heterocycles. The molecule has 0 radical (unpaired) electrons. The van der Waals surface area contributed by atoms with Crippen molar-refractivity contribution in [1.82, 2.24) is 4.72 Å². The summed E-state index contributed by atoms with van der Waals surface area (Å²) in [6.45, 7) is 1.62. The maximum Gasteiger partial charge on any atom is 0.255 e. The summed E-state index contributed by atoms with van der Waals surface area (Å²) >= 11 is 0. The number of anilines is 1. The van der Waals surface area contributed by atoms with Crippen molar-refractivity contribution in [2.45, 2.75) is 11.8 Å². The van der Waals surface area contributed by atoms with Crippen LogP contribution in [-0.2, 0) is 10.0 Å². The summed E-state index contributed by atoms with van der Waals surface area (Å²) < 4.78 is 39.3. The van der Waals surface area contributed by atoms with Crippen molar-refractivity contribution in [3.05, 3.63) is 59.4 Å². The average molecular weight is 346 g/mol. The van der Waals surface area contributed by atoms with E-state index < -0.39 is 21.7 Å². The number of benzene rings is 2. The van der Waals surface area contributed by atoms with E-state index in [0.717, 1.165) is 0 Å². The van der Waals surface area contributed by atoms with Crippen molar-refractivity contribution in [2.75, 3.05) is 11.9 Å². The smallest absolute Gasteiger partial charge is 0.255 e. The Morgan fingerprint density at radius 3 is 2.50 bits per heavy atom. The van der Waals surface area contributed by atoms with Gasteiger partial charge in [0.15, 0.2) is 0 Å². The number of aryl methyl sites for hydroxylation is 1. The van der Waals surface area contributed by atoms with Crippen LogP contribution < -0.4 is 10.0 Å². The minimum atomic E-state index is -3.71. The number of halogens is 1. The third-order valence-corrected chi connectivity index (χ3v) is 4.66. The monoisotopic (exact) mass is 346 g/mol. The Labute approximate surface area is 139 Å². The first-order valence-electron chi connectivity index (χ1n) is 6.94. The highest BCUT2D eigenvalue weighted by Gasteiger charge is 2.14. The Morgan fingerprint density at radius 2 is 1.88 bits per heavy atom. The van der Waals surface area contributed by atoms with Gasteiger partial charge in [0.05, 0.1) is 11.4 Å². The molecule has 0 fully saturated rings. The minimum Gasteiger partial charge on any atom is -0.322 e. The van der Waals surface area contributed by atoms with Gasteiger partial charge in [0.2, 0.25) is 10.0 Å². The molecule has 124 valence electrons. The molecule has 0 aliphatic carbocycles. The summed E-state index contributed by atoms with van der Waals surface area (Å²) in [5, 5.41) is 2.59. The second-order valence-electron chi connectivity index (χ2n) is 4.97. The maximum atomic E-state index is 13.2. The van der Waals surface area contributed by atoms with E-state index >= 15 is 0 Å². The summed E-state index contributed by atoms with van der Waals surface area (Å²) in [5.41, 5.74) is 1.31. The van der Waals surface area contributed by atoms with Crippen molar-refractivity contribution < 1.29 is 17.6 Å². The van der Waals surface area contributed by atoms with Crippen LogP contribution in [-0.4, -0.2) is 20.9 Å². The summed E-state index contributed by atoms with van der Waals surface area (Å²) in [6.07, 6.45) is 5.02. The van der Waals surface area contributed by atoms with Crippen LogP contribution in [0, 0.1) is 25.1 Å². The van der Waals surface area contributed by atoms with E-state index in [2.05, 4.69) is 16.0 Å². The molecule has 2 rings (SSSR count). The fourth-order valence-electron chi connectivity index (χ4n) is 1.93. The van der Waals surface area contributed by atoms with Crippen LogP contribution in [0.25, 0.3) is 0 Å². The molecule has 7 heteroatoms. The van der Waals surface area contributed by atoms with Gasteiger partial charge in [-0.25, -0.2) is 12.8 Å². The second-order valence-corrected chi connectivity index (χ2v) is 6.73. The molecule has 1 amide bonds. The van der Waals surface area contributed by atoms with Gasteiger partial charge in [0.1, 0.15) is 5.82 Å². The lowest BCUT2D eigenvalue weighted by atomic mass is 10.1. The third kappa shape index (κ3) is 4.19. The largest absolute Gasteiger partial charge is 0.322 e. The van der Waals surface area contributed by atoms with Crippen LogP contribution in [0.3, 0.4) is 0 Å². The van der Waals surface area contributed by atoms with E-state index in [1.165, 1.54) is 36.4 Å². The number of hydrogen-bond acceptors (Lipinski definition) is 3. The van der Waals surface area contributed by atoms with Gasteiger partial charge in [-0.1, -0.05) is 12.0 Å². The van der Waals surface area contributed by atoms with Crippen molar-refractivity contribution in [3.8, 4) is 12.3 Å². The molecule has 0 unspecified atom stereocenters. The first-order chi connectivity index (χ1) is 11.3. The Bertz CT molecular complexity index is 900. The van der Waals surface area contributed by atoms with E-state index in [1.54, 1.807) is 13.0 Å². The zero-order chi connectivity index (χ0) is 17.7. The molecule has 5 nitrogen and oxygen atoms in total. The number of hydrogen-bond donors (Lipinski definition) is 2. The minimum absolute atomic E-state index is 0.00349. The topological polar surface area (TPSA) is 75.3 Å². The highest BCUT2D eigenvalue weighted by Crippen LogP contribution is 2.18. The second kappa shape index (κ2) is 7.25. The fraction of sp³-hybridized carbons (Fsp3) is 0.118. The number of carbonyl (C=O) groups is 1. The molecule has 0 saturated heterocycles. The summed E-state index contributed by atoms with van der Waals surface area (Å²) in [7, 11) is -3.71. The van der Waals surface area contributed by atoms with Crippen LogP contribution in [0.1, 0.15) is 15.9 Å². The van der Waals surface area contributed by atoms with Crippen LogP contribution in [0.15, 0.2) is 47.4 Å². The van der Waals surface area contributed by atoms with Gasteiger partial charge in [0, 0.05) is 11.3 Å². The lowest BCUT2D eigenvalue weighted by molar-refractivity contribution is 0.102. The Morgan fingerprint density at radius 1 is 1.21 bits per heavy atom. The van der Waals surface area contributed by atoms with Gasteiger partial charge in [-0.15, -0.1) is 6.42 Å². The van der Waals surface area contributed by atoms with E-state index in [0.29, 0.717) is 11.3 Å². The number of rotatable bonds is 5.